The molecule has 0 amide bonds. The minimum atomic E-state index is -3.23. The molecule has 0 fully saturated rings. The van der Waals surface area contributed by atoms with Gasteiger partial charge in [-0.05, 0) is 41.5 Å². The van der Waals surface area contributed by atoms with Crippen molar-refractivity contribution in [1.82, 2.24) is 0 Å². The molecule has 2 aromatic rings. The van der Waals surface area contributed by atoms with Crippen molar-refractivity contribution >= 4 is 44.3 Å². The topological polar surface area (TPSA) is 34.1 Å². The van der Waals surface area contributed by atoms with Crippen molar-refractivity contribution < 1.29 is 8.42 Å². The highest BCUT2D eigenvalue weighted by atomic mass is 32.2. The zero-order valence-corrected chi connectivity index (χ0v) is 24.8. The van der Waals surface area contributed by atoms with Gasteiger partial charge in [0.1, 0.15) is 0 Å². The molecule has 6 heteroatoms. The molecule has 0 N–H and O–H groups in total. The van der Waals surface area contributed by atoms with E-state index in [1.807, 2.05) is 23.2 Å². The maximum Gasteiger partial charge on any atom is 0.179 e. The number of hydrogen-bond acceptors (Lipinski definition) is 5. The smallest absolute Gasteiger partial charge is 0.179 e. The van der Waals surface area contributed by atoms with E-state index < -0.39 is 9.84 Å². The van der Waals surface area contributed by atoms with Crippen molar-refractivity contribution in [2.45, 2.75) is 126 Å². The van der Waals surface area contributed by atoms with Crippen LogP contribution in [0.5, 0.6) is 0 Å². The van der Waals surface area contributed by atoms with Crippen LogP contribution in [0.4, 0.5) is 0 Å². The lowest BCUT2D eigenvalue weighted by Gasteiger charge is -2.08. The lowest BCUT2D eigenvalue weighted by molar-refractivity contribution is 0.573. The van der Waals surface area contributed by atoms with Crippen molar-refractivity contribution in [1.29, 1.82) is 0 Å². The average Bonchev–Trinajstić information content (AvgIpc) is 3.49. The van der Waals surface area contributed by atoms with Gasteiger partial charge in [0.05, 0.1) is 20.4 Å². The molecule has 194 valence electrons. The van der Waals surface area contributed by atoms with Crippen molar-refractivity contribution in [3.8, 4) is 9.75 Å². The fourth-order valence-corrected chi connectivity index (χ4v) is 9.59. The second-order valence-corrected chi connectivity index (χ2v) is 14.4. The van der Waals surface area contributed by atoms with Crippen molar-refractivity contribution in [2.24, 2.45) is 0 Å². The molecular formula is C28H46O2S4. The number of sulfone groups is 1. The Kier molecular flexibility index (Phi) is 15.9. The molecule has 2 aromatic heterocycles. The first-order valence-corrected chi connectivity index (χ1v) is 18.0. The summed E-state index contributed by atoms with van der Waals surface area (Å²) in [6.07, 6.45) is 20.1. The molecule has 2 heterocycles. The minimum Gasteiger partial charge on any atom is -0.224 e. The Bertz CT molecular complexity index is 867. The summed E-state index contributed by atoms with van der Waals surface area (Å²) < 4.78 is 26.3. The monoisotopic (exact) mass is 542 g/mol. The number of hydrogen-bond donors (Lipinski definition) is 0. The Balaban J connectivity index is 1.78. The Morgan fingerprint density at radius 2 is 1.15 bits per heavy atom. The highest BCUT2D eigenvalue weighted by molar-refractivity contribution is 7.99. The molecule has 0 saturated heterocycles. The van der Waals surface area contributed by atoms with Gasteiger partial charge in [0, 0.05) is 4.90 Å². The van der Waals surface area contributed by atoms with E-state index in [0.29, 0.717) is 4.90 Å². The Morgan fingerprint density at radius 3 is 1.76 bits per heavy atom. The molecular weight excluding hydrogens is 497 g/mol. The zero-order valence-electron chi connectivity index (χ0n) is 21.5. The summed E-state index contributed by atoms with van der Waals surface area (Å²) in [5, 5.41) is 4.06. The molecule has 0 radical (unpaired) electrons. The summed E-state index contributed by atoms with van der Waals surface area (Å²) in [5.41, 5.74) is 0. The predicted octanol–water partition coefficient (Wildman–Crippen LogP) is 10.6. The maximum absolute atomic E-state index is 13.1. The van der Waals surface area contributed by atoms with Gasteiger partial charge in [-0.15, -0.1) is 34.4 Å². The Labute approximate surface area is 222 Å². The summed E-state index contributed by atoms with van der Waals surface area (Å²) in [7, 11) is -3.23. The highest BCUT2D eigenvalue weighted by Gasteiger charge is 2.23. The third-order valence-electron chi connectivity index (χ3n) is 6.32. The second kappa shape index (κ2) is 18.0. The lowest BCUT2D eigenvalue weighted by atomic mass is 10.1. The Morgan fingerprint density at radius 1 is 0.647 bits per heavy atom. The van der Waals surface area contributed by atoms with Gasteiger partial charge in [0.15, 0.2) is 9.84 Å². The van der Waals surface area contributed by atoms with Gasteiger partial charge < -0.3 is 0 Å². The van der Waals surface area contributed by atoms with Crippen molar-refractivity contribution in [3.05, 3.63) is 22.9 Å². The van der Waals surface area contributed by atoms with Crippen molar-refractivity contribution in [3.63, 3.8) is 0 Å². The van der Waals surface area contributed by atoms with E-state index in [1.54, 1.807) is 22.7 Å². The molecule has 34 heavy (non-hydrogen) atoms. The SMILES string of the molecule is CCCCCCCCCCSc1ccsc1-c1sccc1S(=O)(=O)CCCCCCCCCC. The van der Waals surface area contributed by atoms with Crippen LogP contribution in [-0.2, 0) is 9.84 Å². The van der Waals surface area contributed by atoms with Crippen LogP contribution in [0.2, 0.25) is 0 Å². The van der Waals surface area contributed by atoms with Gasteiger partial charge in [-0.1, -0.05) is 104 Å². The van der Waals surface area contributed by atoms with E-state index in [-0.39, 0.29) is 5.75 Å². The molecule has 2 nitrogen and oxygen atoms in total. The summed E-state index contributed by atoms with van der Waals surface area (Å²) in [6, 6.07) is 4.00. The van der Waals surface area contributed by atoms with Gasteiger partial charge in [-0.2, -0.15) is 0 Å². The van der Waals surface area contributed by atoms with E-state index in [2.05, 4.69) is 25.3 Å². The third kappa shape index (κ3) is 11.2. The first kappa shape index (κ1) is 29.9. The van der Waals surface area contributed by atoms with Crippen LogP contribution < -0.4 is 0 Å². The highest BCUT2D eigenvalue weighted by Crippen LogP contribution is 2.43. The largest absolute Gasteiger partial charge is 0.224 e. The van der Waals surface area contributed by atoms with Crippen LogP contribution in [0.1, 0.15) is 117 Å². The van der Waals surface area contributed by atoms with Crippen molar-refractivity contribution in [2.75, 3.05) is 11.5 Å². The normalized spacial score (nSPS) is 11.9. The molecule has 0 saturated carbocycles. The Hall–Kier alpha value is -0.300. The van der Waals surface area contributed by atoms with Crippen LogP contribution in [0, 0.1) is 0 Å². The van der Waals surface area contributed by atoms with E-state index in [0.717, 1.165) is 34.8 Å². The van der Waals surface area contributed by atoms with Crippen LogP contribution in [-0.4, -0.2) is 19.9 Å². The van der Waals surface area contributed by atoms with Crippen LogP contribution >= 0.6 is 34.4 Å². The fraction of sp³-hybridized carbons (Fsp3) is 0.714. The van der Waals surface area contributed by atoms with E-state index >= 15 is 0 Å². The van der Waals surface area contributed by atoms with Gasteiger partial charge in [-0.25, -0.2) is 8.42 Å². The third-order valence-corrected chi connectivity index (χ3v) is 11.6. The molecule has 0 aliphatic carbocycles. The zero-order chi connectivity index (χ0) is 24.5. The first-order valence-electron chi connectivity index (χ1n) is 13.6. The van der Waals surface area contributed by atoms with E-state index in [4.69, 9.17) is 0 Å². The number of unbranched alkanes of at least 4 members (excludes halogenated alkanes) is 14. The summed E-state index contributed by atoms with van der Waals surface area (Å²) in [6.45, 7) is 4.50. The quantitative estimate of drug-likeness (QED) is 0.116. The minimum absolute atomic E-state index is 0.276. The molecule has 0 unspecified atom stereocenters. The van der Waals surface area contributed by atoms with Gasteiger partial charge in [0.2, 0.25) is 0 Å². The van der Waals surface area contributed by atoms with Crippen LogP contribution in [0.25, 0.3) is 9.75 Å². The molecule has 0 aliphatic heterocycles. The van der Waals surface area contributed by atoms with Crippen LogP contribution in [0.15, 0.2) is 32.7 Å². The van der Waals surface area contributed by atoms with Crippen LogP contribution in [0.3, 0.4) is 0 Å². The molecule has 0 spiro atoms. The molecule has 0 aromatic carbocycles. The maximum atomic E-state index is 13.1. The molecule has 0 bridgehead atoms. The first-order chi connectivity index (χ1) is 16.6. The predicted molar refractivity (Wildman–Crippen MR) is 156 cm³/mol. The summed E-state index contributed by atoms with van der Waals surface area (Å²) >= 11 is 5.16. The summed E-state index contributed by atoms with van der Waals surface area (Å²) in [5.74, 6) is 1.39. The van der Waals surface area contributed by atoms with Gasteiger partial charge >= 0.3 is 0 Å². The fourth-order valence-electron chi connectivity index (χ4n) is 4.24. The van der Waals surface area contributed by atoms with E-state index in [9.17, 15) is 8.42 Å². The second-order valence-electron chi connectivity index (χ2n) is 9.35. The van der Waals surface area contributed by atoms with Gasteiger partial charge in [0.25, 0.3) is 0 Å². The lowest BCUT2D eigenvalue weighted by Crippen LogP contribution is -2.06. The average molecular weight is 543 g/mol. The number of thioether (sulfide) groups is 1. The standard InChI is InChI=1S/C28H46O2S4/c1-3-5-7-9-11-13-15-17-21-31-25-19-22-32-27(25)28-26(20-23-33-28)34(29,30)24-18-16-14-12-10-8-6-4-2/h19-20,22-23H,3-18,21,24H2,1-2H3. The molecule has 0 atom stereocenters. The van der Waals surface area contributed by atoms with Gasteiger partial charge in [-0.3, -0.25) is 0 Å². The van der Waals surface area contributed by atoms with E-state index in [1.165, 1.54) is 88.4 Å². The molecule has 2 rings (SSSR count). The number of thiophene rings is 2. The molecule has 0 aliphatic rings. The number of rotatable bonds is 21. The summed E-state index contributed by atoms with van der Waals surface area (Å²) in [4.78, 5) is 3.90.